The lowest BCUT2D eigenvalue weighted by Gasteiger charge is -2.20. The Kier molecular flexibility index (Phi) is 6.84. The van der Waals surface area contributed by atoms with Gasteiger partial charge in [0.2, 0.25) is 15.9 Å². The van der Waals surface area contributed by atoms with Crippen molar-refractivity contribution >= 4 is 15.9 Å². The maximum atomic E-state index is 11.9. The van der Waals surface area contributed by atoms with E-state index in [9.17, 15) is 13.2 Å². The number of nitrogens with one attached hydrogen (secondary N) is 1. The van der Waals surface area contributed by atoms with Crippen molar-refractivity contribution in [1.29, 1.82) is 0 Å². The quantitative estimate of drug-likeness (QED) is 0.743. The molecule has 0 aliphatic carbocycles. The topological polar surface area (TPSA) is 66.5 Å². The Labute approximate surface area is 127 Å². The van der Waals surface area contributed by atoms with E-state index in [1.54, 1.807) is 0 Å². The van der Waals surface area contributed by atoms with Crippen LogP contribution in [0.15, 0.2) is 24.3 Å². The highest BCUT2D eigenvalue weighted by Crippen LogP contribution is 2.12. The smallest absolute Gasteiger partial charge is 0.235 e. The Morgan fingerprint density at radius 3 is 2.52 bits per heavy atom. The zero-order chi connectivity index (χ0) is 15.9. The summed E-state index contributed by atoms with van der Waals surface area (Å²) in [5.41, 5.74) is 1.92. The van der Waals surface area contributed by atoms with Crippen LogP contribution in [-0.4, -0.2) is 38.0 Å². The van der Waals surface area contributed by atoms with E-state index in [0.717, 1.165) is 30.2 Å². The summed E-state index contributed by atoms with van der Waals surface area (Å²) in [6.45, 7) is 4.62. The van der Waals surface area contributed by atoms with E-state index in [2.05, 4.69) is 5.32 Å². The molecule has 0 atom stereocenters. The van der Waals surface area contributed by atoms with Crippen molar-refractivity contribution in [2.75, 3.05) is 19.3 Å². The molecule has 0 saturated heterocycles. The highest BCUT2D eigenvalue weighted by Gasteiger charge is 2.20. The van der Waals surface area contributed by atoms with E-state index in [1.807, 2.05) is 38.1 Å². The molecule has 118 valence electrons. The number of hydrogen-bond donors (Lipinski definition) is 1. The molecule has 0 saturated carbocycles. The summed E-state index contributed by atoms with van der Waals surface area (Å²) >= 11 is 0. The minimum atomic E-state index is -3.43. The van der Waals surface area contributed by atoms with Gasteiger partial charge in [-0.15, -0.1) is 0 Å². The van der Waals surface area contributed by atoms with Crippen molar-refractivity contribution in [1.82, 2.24) is 9.62 Å². The number of benzene rings is 1. The molecule has 0 radical (unpaired) electrons. The minimum absolute atomic E-state index is 0.142. The normalized spacial score (nSPS) is 11.6. The lowest BCUT2D eigenvalue weighted by atomic mass is 10.1. The standard InChI is InChI=1S/C15H24N2O3S/c1-4-5-10-16-15(18)12-17(21(3,19)20)11-14-9-7-6-8-13(14)2/h6-9H,4-5,10-12H2,1-3H3,(H,16,18). The van der Waals surface area contributed by atoms with Gasteiger partial charge in [-0.25, -0.2) is 8.42 Å². The number of aryl methyl sites for hydroxylation is 1. The van der Waals surface area contributed by atoms with Crippen LogP contribution in [0.4, 0.5) is 0 Å². The summed E-state index contributed by atoms with van der Waals surface area (Å²) in [6, 6.07) is 7.57. The number of unbranched alkanes of at least 4 members (excludes halogenated alkanes) is 1. The first-order valence-electron chi connectivity index (χ1n) is 7.11. The molecule has 0 aliphatic rings. The average molecular weight is 312 g/mol. The number of carbonyl (C=O) groups excluding carboxylic acids is 1. The fraction of sp³-hybridized carbons (Fsp3) is 0.533. The molecule has 0 bridgehead atoms. The summed E-state index contributed by atoms with van der Waals surface area (Å²) in [4.78, 5) is 11.8. The molecule has 0 spiro atoms. The fourth-order valence-electron chi connectivity index (χ4n) is 1.89. The second-order valence-corrected chi connectivity index (χ2v) is 7.14. The molecular weight excluding hydrogens is 288 g/mol. The number of rotatable bonds is 8. The van der Waals surface area contributed by atoms with Crippen molar-refractivity contribution in [3.05, 3.63) is 35.4 Å². The molecule has 0 unspecified atom stereocenters. The zero-order valence-electron chi connectivity index (χ0n) is 12.9. The van der Waals surface area contributed by atoms with Crippen LogP contribution in [-0.2, 0) is 21.4 Å². The van der Waals surface area contributed by atoms with E-state index in [-0.39, 0.29) is 19.0 Å². The van der Waals surface area contributed by atoms with Gasteiger partial charge >= 0.3 is 0 Å². The van der Waals surface area contributed by atoms with Crippen molar-refractivity contribution in [2.45, 2.75) is 33.2 Å². The van der Waals surface area contributed by atoms with Crippen LogP contribution >= 0.6 is 0 Å². The number of amides is 1. The molecular formula is C15H24N2O3S. The van der Waals surface area contributed by atoms with Gasteiger partial charge in [0.15, 0.2) is 0 Å². The number of hydrogen-bond acceptors (Lipinski definition) is 3. The SMILES string of the molecule is CCCCNC(=O)CN(Cc1ccccc1C)S(C)(=O)=O. The van der Waals surface area contributed by atoms with Crippen LogP contribution in [0.1, 0.15) is 30.9 Å². The second kappa shape index (κ2) is 8.14. The number of sulfonamides is 1. The summed E-state index contributed by atoms with van der Waals surface area (Å²) in [7, 11) is -3.43. The van der Waals surface area contributed by atoms with Gasteiger partial charge < -0.3 is 5.32 Å². The van der Waals surface area contributed by atoms with Gasteiger partial charge in [-0.1, -0.05) is 37.6 Å². The van der Waals surface area contributed by atoms with E-state index in [4.69, 9.17) is 0 Å². The highest BCUT2D eigenvalue weighted by molar-refractivity contribution is 7.88. The highest BCUT2D eigenvalue weighted by atomic mass is 32.2. The maximum Gasteiger partial charge on any atom is 0.235 e. The first-order valence-corrected chi connectivity index (χ1v) is 8.95. The van der Waals surface area contributed by atoms with Gasteiger partial charge in [-0.3, -0.25) is 4.79 Å². The van der Waals surface area contributed by atoms with Gasteiger partial charge in [0.1, 0.15) is 0 Å². The molecule has 0 fully saturated rings. The monoisotopic (exact) mass is 312 g/mol. The molecule has 0 aliphatic heterocycles. The second-order valence-electron chi connectivity index (χ2n) is 5.16. The largest absolute Gasteiger partial charge is 0.355 e. The molecule has 1 amide bonds. The Balaban J connectivity index is 2.74. The van der Waals surface area contributed by atoms with Crippen LogP contribution in [0.5, 0.6) is 0 Å². The summed E-state index contributed by atoms with van der Waals surface area (Å²) < 4.78 is 24.9. The molecule has 1 aromatic rings. The first-order chi connectivity index (χ1) is 9.84. The lowest BCUT2D eigenvalue weighted by molar-refractivity contribution is -0.121. The van der Waals surface area contributed by atoms with Gasteiger partial charge in [0.25, 0.3) is 0 Å². The van der Waals surface area contributed by atoms with E-state index in [0.29, 0.717) is 6.54 Å². The third-order valence-corrected chi connectivity index (χ3v) is 4.45. The molecule has 1 N–H and O–H groups in total. The molecule has 1 rings (SSSR count). The van der Waals surface area contributed by atoms with Gasteiger partial charge in [-0.05, 0) is 24.5 Å². The van der Waals surface area contributed by atoms with Gasteiger partial charge in [0, 0.05) is 13.1 Å². The summed E-state index contributed by atoms with van der Waals surface area (Å²) in [6.07, 6.45) is 3.01. The van der Waals surface area contributed by atoms with Crippen LogP contribution < -0.4 is 5.32 Å². The third kappa shape index (κ3) is 6.27. The molecule has 6 heteroatoms. The van der Waals surface area contributed by atoms with Crippen molar-refractivity contribution < 1.29 is 13.2 Å². The predicted molar refractivity (Wildman–Crippen MR) is 84.4 cm³/mol. The average Bonchev–Trinajstić information content (AvgIpc) is 2.39. The Bertz CT molecular complexity index is 570. The molecule has 21 heavy (non-hydrogen) atoms. The predicted octanol–water partition coefficient (Wildman–Crippen LogP) is 1.67. The van der Waals surface area contributed by atoms with Crippen LogP contribution in [0, 0.1) is 6.92 Å². The summed E-state index contributed by atoms with van der Waals surface area (Å²) in [5, 5.41) is 2.74. The van der Waals surface area contributed by atoms with Crippen LogP contribution in [0.3, 0.4) is 0 Å². The van der Waals surface area contributed by atoms with E-state index >= 15 is 0 Å². The zero-order valence-corrected chi connectivity index (χ0v) is 13.7. The van der Waals surface area contributed by atoms with Crippen molar-refractivity contribution in [2.24, 2.45) is 0 Å². The fourth-order valence-corrected chi connectivity index (χ4v) is 2.61. The first kappa shape index (κ1) is 17.7. The van der Waals surface area contributed by atoms with Gasteiger partial charge in [-0.2, -0.15) is 4.31 Å². The van der Waals surface area contributed by atoms with Crippen molar-refractivity contribution in [3.63, 3.8) is 0 Å². The van der Waals surface area contributed by atoms with E-state index in [1.165, 1.54) is 4.31 Å². The maximum absolute atomic E-state index is 11.9. The lowest BCUT2D eigenvalue weighted by Crippen LogP contribution is -2.40. The Morgan fingerprint density at radius 1 is 1.29 bits per heavy atom. The molecule has 1 aromatic carbocycles. The summed E-state index contributed by atoms with van der Waals surface area (Å²) in [5.74, 6) is -0.262. The number of carbonyl (C=O) groups is 1. The Morgan fingerprint density at radius 2 is 1.95 bits per heavy atom. The van der Waals surface area contributed by atoms with Crippen molar-refractivity contribution in [3.8, 4) is 0 Å². The van der Waals surface area contributed by atoms with Gasteiger partial charge in [0.05, 0.1) is 12.8 Å². The molecule has 0 heterocycles. The number of nitrogens with zero attached hydrogens (tertiary/aromatic N) is 1. The van der Waals surface area contributed by atoms with E-state index < -0.39 is 10.0 Å². The van der Waals surface area contributed by atoms with Crippen LogP contribution in [0.25, 0.3) is 0 Å². The molecule has 0 aromatic heterocycles. The third-order valence-electron chi connectivity index (χ3n) is 3.25. The Hall–Kier alpha value is -1.40. The minimum Gasteiger partial charge on any atom is -0.355 e. The molecule has 5 nitrogen and oxygen atoms in total. The van der Waals surface area contributed by atoms with Crippen LogP contribution in [0.2, 0.25) is 0 Å².